The predicted octanol–water partition coefficient (Wildman–Crippen LogP) is 1.08. The van der Waals surface area contributed by atoms with Crippen molar-refractivity contribution in [2.24, 2.45) is 0 Å². The van der Waals surface area contributed by atoms with E-state index in [2.05, 4.69) is 4.98 Å². The molecule has 0 fully saturated rings. The summed E-state index contributed by atoms with van der Waals surface area (Å²) < 4.78 is 4.91. The number of nitro groups is 1. The Morgan fingerprint density at radius 3 is 3.00 bits per heavy atom. The van der Waals surface area contributed by atoms with E-state index < -0.39 is 11.2 Å². The van der Waals surface area contributed by atoms with Crippen LogP contribution in [-0.2, 0) is 0 Å². The van der Waals surface area contributed by atoms with Crippen molar-refractivity contribution >= 4 is 0 Å². The minimum Gasteiger partial charge on any atom is -0.428 e. The molecule has 1 rings (SSSR count). The van der Waals surface area contributed by atoms with Crippen molar-refractivity contribution in [3.05, 3.63) is 34.6 Å². The summed E-state index contributed by atoms with van der Waals surface area (Å²) in [6.45, 7) is 1.37. The van der Waals surface area contributed by atoms with E-state index in [-0.39, 0.29) is 0 Å². The highest BCUT2D eigenvalue weighted by atomic mass is 16.7. The number of nitrogens with zero attached hydrogens (tertiary/aromatic N) is 2. The van der Waals surface area contributed by atoms with E-state index in [4.69, 9.17) is 4.74 Å². The highest BCUT2D eigenvalue weighted by Crippen LogP contribution is 2.08. The lowest BCUT2D eigenvalue weighted by atomic mass is 10.5. The maximum absolute atomic E-state index is 10.2. The Morgan fingerprint density at radius 2 is 2.50 bits per heavy atom. The van der Waals surface area contributed by atoms with E-state index in [1.165, 1.54) is 13.1 Å². The molecule has 0 aliphatic rings. The molecule has 0 saturated heterocycles. The summed E-state index contributed by atoms with van der Waals surface area (Å²) in [6, 6.07) is 3.27. The topological polar surface area (TPSA) is 65.3 Å². The molecule has 1 unspecified atom stereocenters. The van der Waals surface area contributed by atoms with Crippen molar-refractivity contribution in [1.29, 1.82) is 0 Å². The molecule has 12 heavy (non-hydrogen) atoms. The lowest BCUT2D eigenvalue weighted by Gasteiger charge is -2.05. The Bertz CT molecular complexity index is 263. The summed E-state index contributed by atoms with van der Waals surface area (Å²) in [6.07, 6.45) is 1.97. The van der Waals surface area contributed by atoms with Gasteiger partial charge in [-0.15, -0.1) is 0 Å². The Hall–Kier alpha value is -1.65. The van der Waals surface area contributed by atoms with Crippen LogP contribution in [0.25, 0.3) is 0 Å². The number of ether oxygens (including phenoxy) is 1. The van der Waals surface area contributed by atoms with E-state index in [1.807, 2.05) is 0 Å². The number of hydrogen-bond donors (Lipinski definition) is 0. The highest BCUT2D eigenvalue weighted by Gasteiger charge is 2.13. The van der Waals surface area contributed by atoms with Crippen LogP contribution in [0.4, 0.5) is 0 Å². The van der Waals surface area contributed by atoms with Gasteiger partial charge in [-0.1, -0.05) is 0 Å². The normalized spacial score (nSPS) is 12.1. The lowest BCUT2D eigenvalue weighted by molar-refractivity contribution is -0.557. The minimum absolute atomic E-state index is 0.404. The smallest absolute Gasteiger partial charge is 0.351 e. The number of hydrogen-bond acceptors (Lipinski definition) is 4. The van der Waals surface area contributed by atoms with Gasteiger partial charge in [0.05, 0.1) is 11.1 Å². The van der Waals surface area contributed by atoms with Crippen molar-refractivity contribution in [1.82, 2.24) is 4.98 Å². The molecule has 0 saturated carbocycles. The number of pyridine rings is 1. The minimum atomic E-state index is -1.03. The standard InChI is InChI=1S/C7H8N2O3/c1-6(9(10)11)12-7-3-2-4-8-5-7/h2-6H,1H3. The Morgan fingerprint density at radius 1 is 1.75 bits per heavy atom. The van der Waals surface area contributed by atoms with E-state index in [1.54, 1.807) is 18.3 Å². The molecule has 64 valence electrons. The fourth-order valence-electron chi connectivity index (χ4n) is 0.657. The highest BCUT2D eigenvalue weighted by molar-refractivity contribution is 5.15. The van der Waals surface area contributed by atoms with Gasteiger partial charge in [0.2, 0.25) is 0 Å². The second kappa shape index (κ2) is 3.66. The van der Waals surface area contributed by atoms with Crippen LogP contribution in [0.3, 0.4) is 0 Å². The zero-order chi connectivity index (χ0) is 8.97. The van der Waals surface area contributed by atoms with Crippen LogP contribution < -0.4 is 4.74 Å². The molecular formula is C7H8N2O3. The summed E-state index contributed by atoms with van der Waals surface area (Å²) in [5.74, 6) is 0.404. The zero-order valence-corrected chi connectivity index (χ0v) is 6.51. The van der Waals surface area contributed by atoms with Crippen molar-refractivity contribution in [3.8, 4) is 5.75 Å². The third-order valence-corrected chi connectivity index (χ3v) is 1.24. The van der Waals surface area contributed by atoms with Gasteiger partial charge in [0.15, 0.2) is 0 Å². The SMILES string of the molecule is CC(Oc1cccnc1)[N+](=O)[O-]. The van der Waals surface area contributed by atoms with Gasteiger partial charge in [0.1, 0.15) is 5.75 Å². The van der Waals surface area contributed by atoms with Crippen LogP contribution in [0.5, 0.6) is 5.75 Å². The molecule has 5 heteroatoms. The third kappa shape index (κ3) is 2.19. The van der Waals surface area contributed by atoms with Gasteiger partial charge in [-0.3, -0.25) is 15.1 Å². The van der Waals surface area contributed by atoms with Crippen molar-refractivity contribution in [2.75, 3.05) is 0 Å². The Kier molecular flexibility index (Phi) is 2.57. The number of aromatic nitrogens is 1. The molecule has 0 amide bonds. The largest absolute Gasteiger partial charge is 0.428 e. The zero-order valence-electron chi connectivity index (χ0n) is 6.51. The molecular weight excluding hydrogens is 160 g/mol. The maximum Gasteiger partial charge on any atom is 0.351 e. The van der Waals surface area contributed by atoms with Gasteiger partial charge in [0.25, 0.3) is 0 Å². The van der Waals surface area contributed by atoms with Crippen LogP contribution >= 0.6 is 0 Å². The molecule has 1 aromatic rings. The van der Waals surface area contributed by atoms with Crippen LogP contribution in [0.1, 0.15) is 6.92 Å². The monoisotopic (exact) mass is 168 g/mol. The van der Waals surface area contributed by atoms with Gasteiger partial charge in [0, 0.05) is 13.1 Å². The van der Waals surface area contributed by atoms with Gasteiger partial charge < -0.3 is 4.74 Å². The summed E-state index contributed by atoms with van der Waals surface area (Å²) in [7, 11) is 0. The Balaban J connectivity index is 2.58. The second-order valence-corrected chi connectivity index (χ2v) is 2.19. The van der Waals surface area contributed by atoms with Crippen molar-refractivity contribution < 1.29 is 9.66 Å². The van der Waals surface area contributed by atoms with Crippen LogP contribution in [0.15, 0.2) is 24.5 Å². The fourth-order valence-corrected chi connectivity index (χ4v) is 0.657. The molecule has 0 aliphatic carbocycles. The van der Waals surface area contributed by atoms with Gasteiger partial charge in [-0.2, -0.15) is 0 Å². The maximum atomic E-state index is 10.2. The molecule has 0 aliphatic heterocycles. The van der Waals surface area contributed by atoms with Crippen molar-refractivity contribution in [2.45, 2.75) is 13.2 Å². The average molecular weight is 168 g/mol. The predicted molar refractivity (Wildman–Crippen MR) is 41.3 cm³/mol. The molecule has 0 radical (unpaired) electrons. The molecule has 0 aromatic carbocycles. The van der Waals surface area contributed by atoms with Crippen LogP contribution in [-0.4, -0.2) is 16.1 Å². The summed E-state index contributed by atoms with van der Waals surface area (Å²) >= 11 is 0. The van der Waals surface area contributed by atoms with Crippen molar-refractivity contribution in [3.63, 3.8) is 0 Å². The summed E-state index contributed by atoms with van der Waals surface area (Å²) in [5, 5.41) is 10.2. The quantitative estimate of drug-likeness (QED) is 0.385. The van der Waals surface area contributed by atoms with Crippen LogP contribution in [0, 0.1) is 10.1 Å². The molecule has 0 N–H and O–H groups in total. The first-order valence-corrected chi connectivity index (χ1v) is 3.40. The lowest BCUT2D eigenvalue weighted by Crippen LogP contribution is -2.22. The van der Waals surface area contributed by atoms with E-state index in [0.29, 0.717) is 5.75 Å². The molecule has 0 spiro atoms. The fraction of sp³-hybridized carbons (Fsp3) is 0.286. The van der Waals surface area contributed by atoms with E-state index in [9.17, 15) is 10.1 Å². The van der Waals surface area contributed by atoms with Gasteiger partial charge in [-0.05, 0) is 12.1 Å². The first-order chi connectivity index (χ1) is 5.70. The second-order valence-electron chi connectivity index (χ2n) is 2.19. The first-order valence-electron chi connectivity index (χ1n) is 3.40. The summed E-state index contributed by atoms with van der Waals surface area (Å²) in [4.78, 5) is 13.4. The van der Waals surface area contributed by atoms with E-state index >= 15 is 0 Å². The van der Waals surface area contributed by atoms with Crippen LogP contribution in [0.2, 0.25) is 0 Å². The van der Waals surface area contributed by atoms with Gasteiger partial charge >= 0.3 is 6.23 Å². The molecule has 1 aromatic heterocycles. The molecule has 0 bridgehead atoms. The number of rotatable bonds is 3. The average Bonchev–Trinajstić information content (AvgIpc) is 2.06. The molecule has 5 nitrogen and oxygen atoms in total. The van der Waals surface area contributed by atoms with E-state index in [0.717, 1.165) is 0 Å². The molecule has 1 heterocycles. The van der Waals surface area contributed by atoms with Gasteiger partial charge in [-0.25, -0.2) is 0 Å². The molecule has 1 atom stereocenters. The first kappa shape index (κ1) is 8.45. The summed E-state index contributed by atoms with van der Waals surface area (Å²) in [5.41, 5.74) is 0. The third-order valence-electron chi connectivity index (χ3n) is 1.24. The Labute approximate surface area is 69.1 Å².